The van der Waals surface area contributed by atoms with E-state index in [4.69, 9.17) is 0 Å². The Morgan fingerprint density at radius 3 is 2.43 bits per heavy atom. The van der Waals surface area contributed by atoms with Crippen LogP contribution in [-0.2, 0) is 0 Å². The van der Waals surface area contributed by atoms with Crippen LogP contribution in [-0.4, -0.2) is 40.9 Å². The predicted octanol–water partition coefficient (Wildman–Crippen LogP) is 3.54. The van der Waals surface area contributed by atoms with Crippen LogP contribution in [0.4, 0.5) is 5.69 Å². The Morgan fingerprint density at radius 2 is 1.70 bits per heavy atom. The Bertz CT molecular complexity index is 1080. The van der Waals surface area contributed by atoms with E-state index in [0.29, 0.717) is 16.9 Å². The van der Waals surface area contributed by atoms with E-state index in [-0.39, 0.29) is 11.5 Å². The van der Waals surface area contributed by atoms with Crippen molar-refractivity contribution in [2.45, 2.75) is 12.8 Å². The molecular formula is C23H22N4O3. The molecule has 7 heteroatoms. The number of carboxylic acid groups (broad SMARTS) is 1. The summed E-state index contributed by atoms with van der Waals surface area (Å²) in [4.78, 5) is 25.9. The van der Waals surface area contributed by atoms with Crippen molar-refractivity contribution in [3.05, 3.63) is 83.7 Å². The number of aromatic nitrogens is 1. The second kappa shape index (κ2) is 8.65. The van der Waals surface area contributed by atoms with E-state index in [1.165, 1.54) is 25.1 Å². The molecule has 0 aliphatic carbocycles. The fourth-order valence-electron chi connectivity index (χ4n) is 3.54. The van der Waals surface area contributed by atoms with Crippen LogP contribution in [0.2, 0.25) is 0 Å². The molecule has 3 aromatic rings. The molecule has 7 nitrogen and oxygen atoms in total. The molecule has 1 aliphatic heterocycles. The number of carbonyl (C=O) groups excluding carboxylic acids is 1. The number of carbonyl (C=O) groups is 2. The van der Waals surface area contributed by atoms with Crippen LogP contribution in [0.15, 0.2) is 72.0 Å². The smallest absolute Gasteiger partial charge is 0.335 e. The van der Waals surface area contributed by atoms with Gasteiger partial charge in [-0.15, -0.1) is 0 Å². The Hall–Kier alpha value is -3.87. The second-order valence-corrected chi connectivity index (χ2v) is 7.10. The summed E-state index contributed by atoms with van der Waals surface area (Å²) in [5, 5.41) is 13.2. The summed E-state index contributed by atoms with van der Waals surface area (Å²) < 4.78 is 1.80. The lowest BCUT2D eigenvalue weighted by atomic mass is 10.2. The van der Waals surface area contributed by atoms with Crippen molar-refractivity contribution < 1.29 is 14.7 Å². The van der Waals surface area contributed by atoms with Crippen molar-refractivity contribution in [2.24, 2.45) is 5.10 Å². The third kappa shape index (κ3) is 4.25. The van der Waals surface area contributed by atoms with E-state index in [1.54, 1.807) is 35.0 Å². The highest BCUT2D eigenvalue weighted by Gasteiger charge is 2.13. The monoisotopic (exact) mass is 402 g/mol. The van der Waals surface area contributed by atoms with Crippen molar-refractivity contribution in [2.75, 3.05) is 18.0 Å². The molecule has 0 spiro atoms. The number of hydrogen-bond donors (Lipinski definition) is 2. The van der Waals surface area contributed by atoms with Gasteiger partial charge in [-0.1, -0.05) is 6.07 Å². The van der Waals surface area contributed by atoms with Crippen molar-refractivity contribution in [1.29, 1.82) is 0 Å². The molecular weight excluding hydrogens is 380 g/mol. The average Bonchev–Trinajstić information content (AvgIpc) is 3.46. The summed E-state index contributed by atoms with van der Waals surface area (Å²) in [7, 11) is 0. The summed E-state index contributed by atoms with van der Waals surface area (Å²) in [5.74, 6) is -1.27. The quantitative estimate of drug-likeness (QED) is 0.488. The number of hydrogen-bond acceptors (Lipinski definition) is 4. The predicted molar refractivity (Wildman–Crippen MR) is 116 cm³/mol. The molecule has 1 aromatic heterocycles. The highest BCUT2D eigenvalue weighted by molar-refractivity contribution is 5.95. The molecule has 0 unspecified atom stereocenters. The highest BCUT2D eigenvalue weighted by atomic mass is 16.4. The fraction of sp³-hybridized carbons (Fsp3) is 0.174. The van der Waals surface area contributed by atoms with Gasteiger partial charge >= 0.3 is 5.97 Å². The maximum Gasteiger partial charge on any atom is 0.335 e. The van der Waals surface area contributed by atoms with E-state index >= 15 is 0 Å². The molecule has 30 heavy (non-hydrogen) atoms. The lowest BCUT2D eigenvalue weighted by Crippen LogP contribution is -2.19. The zero-order chi connectivity index (χ0) is 20.9. The first-order chi connectivity index (χ1) is 14.6. The number of amides is 1. The second-order valence-electron chi connectivity index (χ2n) is 7.10. The Balaban J connectivity index is 1.43. The summed E-state index contributed by atoms with van der Waals surface area (Å²) in [5.41, 5.74) is 5.83. The van der Waals surface area contributed by atoms with E-state index < -0.39 is 5.97 Å². The van der Waals surface area contributed by atoms with Crippen LogP contribution >= 0.6 is 0 Å². The van der Waals surface area contributed by atoms with Crippen LogP contribution in [0.5, 0.6) is 0 Å². The van der Waals surface area contributed by atoms with E-state index in [9.17, 15) is 14.7 Å². The molecule has 1 aliphatic rings. The first kappa shape index (κ1) is 19.4. The van der Waals surface area contributed by atoms with Crippen molar-refractivity contribution >= 4 is 23.8 Å². The molecule has 4 rings (SSSR count). The molecule has 1 fully saturated rings. The number of carboxylic acids is 1. The van der Waals surface area contributed by atoms with Crippen LogP contribution in [0, 0.1) is 0 Å². The van der Waals surface area contributed by atoms with Gasteiger partial charge in [-0.25, -0.2) is 10.2 Å². The number of aromatic carboxylic acids is 1. The van der Waals surface area contributed by atoms with Gasteiger partial charge < -0.3 is 14.6 Å². The lowest BCUT2D eigenvalue weighted by Gasteiger charge is -2.17. The van der Waals surface area contributed by atoms with Crippen LogP contribution in [0.25, 0.3) is 5.69 Å². The standard InChI is InChI=1S/C23H22N4O3/c28-22(17-8-10-19(11-9-17)26-12-1-2-13-26)25-24-16-21-7-4-14-27(21)20-6-3-5-18(15-20)23(29)30/h3-11,14-16H,1-2,12-13H2,(H,25,28)(H,29,30)/b24-16-. The van der Waals surface area contributed by atoms with Crippen LogP contribution < -0.4 is 10.3 Å². The SMILES string of the molecule is O=C(O)c1cccc(-n2cccc2/C=N\NC(=O)c2ccc(N3CCCC3)cc2)c1. The number of nitrogens with zero attached hydrogens (tertiary/aromatic N) is 3. The molecule has 1 amide bonds. The topological polar surface area (TPSA) is 86.9 Å². The maximum absolute atomic E-state index is 12.4. The zero-order valence-electron chi connectivity index (χ0n) is 16.4. The largest absolute Gasteiger partial charge is 0.478 e. The van der Waals surface area contributed by atoms with Gasteiger partial charge in [-0.05, 0) is 67.4 Å². The molecule has 0 bridgehead atoms. The molecule has 2 N–H and O–H groups in total. The average molecular weight is 402 g/mol. The molecule has 2 heterocycles. The molecule has 0 radical (unpaired) electrons. The number of hydrazone groups is 1. The minimum atomic E-state index is -0.984. The third-order valence-corrected chi connectivity index (χ3v) is 5.12. The zero-order valence-corrected chi connectivity index (χ0v) is 16.4. The van der Waals surface area contributed by atoms with E-state index in [0.717, 1.165) is 18.8 Å². The van der Waals surface area contributed by atoms with Crippen molar-refractivity contribution in [3.63, 3.8) is 0 Å². The summed E-state index contributed by atoms with van der Waals surface area (Å²) in [6.45, 7) is 2.12. The highest BCUT2D eigenvalue weighted by Crippen LogP contribution is 2.20. The Kier molecular flexibility index (Phi) is 5.61. The van der Waals surface area contributed by atoms with Crippen LogP contribution in [0.3, 0.4) is 0 Å². The van der Waals surface area contributed by atoms with Gasteiger partial charge in [0.2, 0.25) is 0 Å². The van der Waals surface area contributed by atoms with Gasteiger partial charge in [0.15, 0.2) is 0 Å². The van der Waals surface area contributed by atoms with E-state index in [2.05, 4.69) is 15.4 Å². The molecule has 0 saturated carbocycles. The first-order valence-electron chi connectivity index (χ1n) is 9.81. The number of benzene rings is 2. The first-order valence-corrected chi connectivity index (χ1v) is 9.81. The van der Waals surface area contributed by atoms with Gasteiger partial charge in [-0.2, -0.15) is 5.10 Å². The molecule has 1 saturated heterocycles. The minimum absolute atomic E-state index is 0.203. The lowest BCUT2D eigenvalue weighted by molar-refractivity contribution is 0.0696. The number of anilines is 1. The minimum Gasteiger partial charge on any atom is -0.478 e. The molecule has 152 valence electrons. The summed E-state index contributed by atoms with van der Waals surface area (Å²) in [6, 6.07) is 17.8. The summed E-state index contributed by atoms with van der Waals surface area (Å²) in [6.07, 6.45) is 5.75. The van der Waals surface area contributed by atoms with Crippen molar-refractivity contribution in [1.82, 2.24) is 9.99 Å². The normalized spacial score (nSPS) is 13.7. The molecule has 2 aromatic carbocycles. The van der Waals surface area contributed by atoms with Gasteiger partial charge in [-0.3, -0.25) is 4.79 Å². The van der Waals surface area contributed by atoms with Crippen LogP contribution in [0.1, 0.15) is 39.3 Å². The Labute approximate surface area is 174 Å². The van der Waals surface area contributed by atoms with Crippen molar-refractivity contribution in [3.8, 4) is 5.69 Å². The van der Waals surface area contributed by atoms with Gasteiger partial charge in [0.05, 0.1) is 17.5 Å². The van der Waals surface area contributed by atoms with Gasteiger partial charge in [0, 0.05) is 36.2 Å². The van der Waals surface area contributed by atoms with E-state index in [1.807, 2.05) is 30.3 Å². The Morgan fingerprint density at radius 1 is 0.933 bits per heavy atom. The fourth-order valence-corrected chi connectivity index (χ4v) is 3.54. The summed E-state index contributed by atoms with van der Waals surface area (Å²) >= 11 is 0. The number of nitrogens with one attached hydrogen (secondary N) is 1. The third-order valence-electron chi connectivity index (χ3n) is 5.12. The van der Waals surface area contributed by atoms with Gasteiger partial charge in [0.1, 0.15) is 0 Å². The number of rotatable bonds is 6. The van der Waals surface area contributed by atoms with Gasteiger partial charge in [0.25, 0.3) is 5.91 Å². The molecule has 0 atom stereocenters. The maximum atomic E-state index is 12.4.